The molecule has 0 saturated carbocycles. The summed E-state index contributed by atoms with van der Waals surface area (Å²) in [7, 11) is 0. The van der Waals surface area contributed by atoms with Crippen molar-refractivity contribution in [3.63, 3.8) is 0 Å². The Labute approximate surface area is 212 Å². The molecule has 160 valence electrons. The number of thioether (sulfide) groups is 1. The third-order valence-electron chi connectivity index (χ3n) is 4.48. The number of carbonyl (C=O) groups is 4. The number of nitrogen functional groups attached to an aromatic ring is 1. The number of nitrogens with zero attached hydrogens (tertiary/aromatic N) is 2. The number of β-lactam (4-membered cyclic amide) rings is 1. The molecule has 1 aromatic rings. The normalized spacial score (nSPS) is 20.3. The van der Waals surface area contributed by atoms with Crippen LogP contribution in [0.25, 0.3) is 0 Å². The number of anilines is 1. The zero-order valence-electron chi connectivity index (χ0n) is 16.2. The van der Waals surface area contributed by atoms with Crippen molar-refractivity contribution in [2.75, 3.05) is 11.5 Å². The predicted octanol–water partition coefficient (Wildman–Crippen LogP) is -4.41. The zero-order valence-corrected chi connectivity index (χ0v) is 20.6. The van der Waals surface area contributed by atoms with Crippen LogP contribution in [0.1, 0.15) is 24.6 Å². The Balaban J connectivity index is 0.00000341. The number of rotatable bonds is 7. The molecule has 0 bridgehead atoms. The van der Waals surface area contributed by atoms with Gasteiger partial charge in [0.15, 0.2) is 11.2 Å². The fourth-order valence-electron chi connectivity index (χ4n) is 3.20. The van der Waals surface area contributed by atoms with Crippen LogP contribution in [-0.4, -0.2) is 60.9 Å². The van der Waals surface area contributed by atoms with E-state index in [9.17, 15) is 29.4 Å². The van der Waals surface area contributed by atoms with E-state index < -0.39 is 47.6 Å². The SMILES string of the molecule is Nc1nc([C@H](NC(=S)SCC(=O)[O-])C(=O)N[C@@H]2C(=O)N3C(C(=O)O)=CCC[C@H]23)cs1.[Na+]. The second-order valence-corrected chi connectivity index (χ2v) is 8.91. The molecule has 3 rings (SSSR count). The average Bonchev–Trinajstić information content (AvgIpc) is 3.13. The number of allylic oxidation sites excluding steroid dienone is 1. The number of fused-ring (bicyclic) bond motifs is 1. The molecule has 15 heteroatoms. The number of aromatic nitrogens is 1. The summed E-state index contributed by atoms with van der Waals surface area (Å²) in [5.41, 5.74) is 5.80. The molecule has 1 fully saturated rings. The average molecular weight is 494 g/mol. The smallest absolute Gasteiger partial charge is 0.549 e. The number of hydrogen-bond donors (Lipinski definition) is 4. The molecule has 3 atom stereocenters. The first kappa shape index (κ1) is 25.5. The molecule has 1 aromatic heterocycles. The van der Waals surface area contributed by atoms with Gasteiger partial charge in [0, 0.05) is 11.1 Å². The van der Waals surface area contributed by atoms with Gasteiger partial charge in [0.2, 0.25) is 5.91 Å². The summed E-state index contributed by atoms with van der Waals surface area (Å²) >= 11 is 6.94. The first-order valence-corrected chi connectivity index (χ1v) is 10.9. The summed E-state index contributed by atoms with van der Waals surface area (Å²) in [4.78, 5) is 52.5. The van der Waals surface area contributed by atoms with Crippen molar-refractivity contribution in [2.24, 2.45) is 0 Å². The van der Waals surface area contributed by atoms with Gasteiger partial charge >= 0.3 is 35.5 Å². The third-order valence-corrected chi connectivity index (χ3v) is 6.40. The monoisotopic (exact) mass is 493 g/mol. The summed E-state index contributed by atoms with van der Waals surface area (Å²) in [6.07, 6.45) is 2.45. The molecule has 0 aromatic carbocycles. The quantitative estimate of drug-likeness (QED) is 0.164. The molecule has 0 aliphatic carbocycles. The predicted molar refractivity (Wildman–Crippen MR) is 110 cm³/mol. The molecule has 1 saturated heterocycles. The van der Waals surface area contributed by atoms with E-state index in [1.807, 2.05) is 0 Å². The van der Waals surface area contributed by atoms with Gasteiger partial charge in [0.1, 0.15) is 16.1 Å². The maximum atomic E-state index is 12.9. The van der Waals surface area contributed by atoms with E-state index in [0.717, 1.165) is 23.1 Å². The van der Waals surface area contributed by atoms with Gasteiger partial charge in [-0.3, -0.25) is 14.5 Å². The first-order chi connectivity index (χ1) is 14.2. The van der Waals surface area contributed by atoms with Crippen LogP contribution >= 0.6 is 35.3 Å². The van der Waals surface area contributed by atoms with Gasteiger partial charge in [-0.25, -0.2) is 9.78 Å². The topological polar surface area (TPSA) is 178 Å². The van der Waals surface area contributed by atoms with Crippen molar-refractivity contribution in [3.05, 3.63) is 22.8 Å². The van der Waals surface area contributed by atoms with Crippen LogP contribution in [0.2, 0.25) is 0 Å². The summed E-state index contributed by atoms with van der Waals surface area (Å²) in [5.74, 6) is -4.07. The number of thiazole rings is 1. The third kappa shape index (κ3) is 5.75. The Morgan fingerprint density at radius 3 is 2.77 bits per heavy atom. The maximum absolute atomic E-state index is 12.9. The summed E-state index contributed by atoms with van der Waals surface area (Å²) in [6.45, 7) is 0. The van der Waals surface area contributed by atoms with E-state index in [0.29, 0.717) is 12.8 Å². The molecule has 3 heterocycles. The number of nitrogens with two attached hydrogens (primary N) is 1. The van der Waals surface area contributed by atoms with E-state index in [1.54, 1.807) is 5.38 Å². The van der Waals surface area contributed by atoms with Gasteiger partial charge < -0.3 is 31.4 Å². The van der Waals surface area contributed by atoms with Gasteiger partial charge in [0.05, 0.1) is 17.7 Å². The largest absolute Gasteiger partial charge is 1.00 e. The van der Waals surface area contributed by atoms with E-state index in [-0.39, 0.29) is 50.4 Å². The number of hydrogen-bond acceptors (Lipinski definition) is 10. The number of carboxylic acids is 2. The second-order valence-electron chi connectivity index (χ2n) is 6.37. The maximum Gasteiger partial charge on any atom is 1.00 e. The summed E-state index contributed by atoms with van der Waals surface area (Å²) < 4.78 is 0.0289. The molecular weight excluding hydrogens is 477 g/mol. The molecule has 11 nitrogen and oxygen atoms in total. The van der Waals surface area contributed by atoms with Crippen molar-refractivity contribution in [1.82, 2.24) is 20.5 Å². The van der Waals surface area contributed by atoms with Crippen LogP contribution < -0.4 is 51.0 Å². The number of nitrogens with one attached hydrogen (secondary N) is 2. The van der Waals surface area contributed by atoms with Crippen LogP contribution in [0.3, 0.4) is 0 Å². The number of carboxylic acid groups (broad SMARTS) is 2. The first-order valence-electron chi connectivity index (χ1n) is 8.60. The minimum atomic E-state index is -1.32. The molecule has 0 radical (unpaired) electrons. The standard InChI is InChI=1S/C16H17N5O6S3.Na/c17-15-18-6(4-29-15)10(20-16(28)30-5-9(22)23)12(24)19-11-7-2-1-3-8(14(26)27)21(7)13(11)25;/h3-4,7,10-11H,1-2,5H2,(H2,17,18)(H,19,24)(H,20,28)(H,22,23)(H,26,27);/q;+1/p-1/t7-,10+,11+;/m1./s1. The van der Waals surface area contributed by atoms with Gasteiger partial charge in [0.25, 0.3) is 5.91 Å². The Morgan fingerprint density at radius 2 is 2.19 bits per heavy atom. The second kappa shape index (κ2) is 10.7. The minimum absolute atomic E-state index is 0. The molecule has 31 heavy (non-hydrogen) atoms. The fourth-order valence-corrected chi connectivity index (χ4v) is 4.54. The van der Waals surface area contributed by atoms with Gasteiger partial charge in [-0.1, -0.05) is 30.1 Å². The van der Waals surface area contributed by atoms with Crippen LogP contribution in [0, 0.1) is 0 Å². The van der Waals surface area contributed by atoms with Crippen LogP contribution in [0.15, 0.2) is 17.2 Å². The Kier molecular flexibility index (Phi) is 8.85. The number of carbonyl (C=O) groups excluding carboxylic acids is 3. The minimum Gasteiger partial charge on any atom is -0.549 e. The van der Waals surface area contributed by atoms with Crippen molar-refractivity contribution in [3.8, 4) is 0 Å². The van der Waals surface area contributed by atoms with E-state index in [1.165, 1.54) is 11.0 Å². The Hall–Kier alpha value is -1.71. The van der Waals surface area contributed by atoms with Gasteiger partial charge in [-0.2, -0.15) is 0 Å². The molecule has 2 aliphatic heterocycles. The summed E-state index contributed by atoms with van der Waals surface area (Å²) in [5, 5.41) is 26.9. The van der Waals surface area contributed by atoms with Crippen molar-refractivity contribution < 1.29 is 58.9 Å². The van der Waals surface area contributed by atoms with Crippen LogP contribution in [0.4, 0.5) is 5.13 Å². The fraction of sp³-hybridized carbons (Fsp3) is 0.375. The van der Waals surface area contributed by atoms with E-state index in [2.05, 4.69) is 15.6 Å². The van der Waals surface area contributed by atoms with Crippen molar-refractivity contribution in [2.45, 2.75) is 31.0 Å². The number of thiocarbonyl (C=S) groups is 1. The molecule has 5 N–H and O–H groups in total. The molecule has 0 spiro atoms. The summed E-state index contributed by atoms with van der Waals surface area (Å²) in [6, 6.07) is -2.45. The number of aliphatic carboxylic acids is 2. The van der Waals surface area contributed by atoms with E-state index >= 15 is 0 Å². The van der Waals surface area contributed by atoms with Crippen LogP contribution in [0.5, 0.6) is 0 Å². The molecular formula is C16H16N5NaO6S3. The Bertz CT molecular complexity index is 954. The van der Waals surface area contributed by atoms with Gasteiger partial charge in [-0.15, -0.1) is 11.3 Å². The Morgan fingerprint density at radius 1 is 1.48 bits per heavy atom. The number of amides is 2. The zero-order chi connectivity index (χ0) is 22.0. The van der Waals surface area contributed by atoms with Crippen molar-refractivity contribution >= 4 is 68.5 Å². The van der Waals surface area contributed by atoms with Crippen molar-refractivity contribution in [1.29, 1.82) is 0 Å². The molecule has 2 aliphatic rings. The molecule has 2 amide bonds. The van der Waals surface area contributed by atoms with Crippen LogP contribution in [-0.2, 0) is 19.2 Å². The van der Waals surface area contributed by atoms with Gasteiger partial charge in [-0.05, 0) is 12.8 Å². The molecule has 0 unspecified atom stereocenters. The van der Waals surface area contributed by atoms with E-state index in [4.69, 9.17) is 18.0 Å².